The summed E-state index contributed by atoms with van der Waals surface area (Å²) in [6.45, 7) is 0.129. The number of hydrogen-bond donors (Lipinski definition) is 0. The fourth-order valence-corrected chi connectivity index (χ4v) is 4.81. The van der Waals surface area contributed by atoms with Crippen LogP contribution in [0.3, 0.4) is 0 Å². The van der Waals surface area contributed by atoms with Gasteiger partial charge in [0.2, 0.25) is 0 Å². The number of carbonyl (C=O) groups is 1. The molecular formula is C24H18FNO2S3. The molecule has 1 heterocycles. The predicted octanol–water partition coefficient (Wildman–Crippen LogP) is 6.53. The lowest BCUT2D eigenvalue weighted by Crippen LogP contribution is -2.27. The lowest BCUT2D eigenvalue weighted by Gasteiger charge is -2.15. The van der Waals surface area contributed by atoms with Crippen molar-refractivity contribution in [1.82, 2.24) is 0 Å². The molecule has 3 aromatic rings. The third-order valence-electron chi connectivity index (χ3n) is 4.61. The Hall–Kier alpha value is -2.61. The summed E-state index contributed by atoms with van der Waals surface area (Å²) in [6.07, 6.45) is 3.79. The fraction of sp³-hybridized carbons (Fsp3) is 0.0833. The Morgan fingerprint density at radius 3 is 2.71 bits per heavy atom. The van der Waals surface area contributed by atoms with E-state index in [1.54, 1.807) is 47.0 Å². The molecule has 1 amide bonds. The third-order valence-corrected chi connectivity index (χ3v) is 6.64. The molecule has 0 bridgehead atoms. The number of nitrogens with zero attached hydrogens (tertiary/aromatic N) is 1. The quantitative estimate of drug-likeness (QED) is 0.234. The minimum absolute atomic E-state index is 0.129. The first-order valence-electron chi connectivity index (χ1n) is 9.43. The standard InChI is InChI=1S/C24H18FNO2S3/c1-30-20-10-5-8-18(14-20)26-23(27)22(31-24(26)29)13-16-6-4-9-19(12-16)28-15-17-7-2-3-11-21(17)25/h2-14H,15H2,1H3/b22-13+. The summed E-state index contributed by atoms with van der Waals surface area (Å²) in [5, 5.41) is 0. The molecule has 31 heavy (non-hydrogen) atoms. The Bertz CT molecular complexity index is 1180. The Morgan fingerprint density at radius 2 is 1.90 bits per heavy atom. The highest BCUT2D eigenvalue weighted by atomic mass is 32.2. The molecule has 1 fully saturated rings. The van der Waals surface area contributed by atoms with Crippen LogP contribution in [0, 0.1) is 5.82 Å². The van der Waals surface area contributed by atoms with Gasteiger partial charge < -0.3 is 4.74 Å². The number of thioether (sulfide) groups is 2. The molecule has 0 spiro atoms. The third kappa shape index (κ3) is 5.01. The second-order valence-electron chi connectivity index (χ2n) is 6.67. The molecule has 0 atom stereocenters. The second-order valence-corrected chi connectivity index (χ2v) is 9.23. The van der Waals surface area contributed by atoms with Crippen LogP contribution < -0.4 is 9.64 Å². The van der Waals surface area contributed by atoms with Gasteiger partial charge in [0.25, 0.3) is 5.91 Å². The zero-order valence-corrected chi connectivity index (χ0v) is 19.0. The molecule has 156 valence electrons. The van der Waals surface area contributed by atoms with Crippen molar-refractivity contribution < 1.29 is 13.9 Å². The molecule has 7 heteroatoms. The molecule has 0 aromatic heterocycles. The summed E-state index contributed by atoms with van der Waals surface area (Å²) in [6, 6.07) is 21.6. The van der Waals surface area contributed by atoms with Gasteiger partial charge in [0, 0.05) is 10.5 Å². The SMILES string of the molecule is CSc1cccc(N2C(=O)/C(=C\c3cccc(OCc4ccccc4F)c3)SC2=S)c1. The number of thiocarbonyl (C=S) groups is 1. The van der Waals surface area contributed by atoms with E-state index in [-0.39, 0.29) is 18.3 Å². The summed E-state index contributed by atoms with van der Waals surface area (Å²) in [7, 11) is 0. The summed E-state index contributed by atoms with van der Waals surface area (Å²) < 4.78 is 20.0. The van der Waals surface area contributed by atoms with Gasteiger partial charge >= 0.3 is 0 Å². The number of benzene rings is 3. The van der Waals surface area contributed by atoms with E-state index in [1.165, 1.54) is 17.8 Å². The van der Waals surface area contributed by atoms with Crippen LogP contribution in [0.4, 0.5) is 10.1 Å². The maximum absolute atomic E-state index is 13.8. The van der Waals surface area contributed by atoms with E-state index >= 15 is 0 Å². The van der Waals surface area contributed by atoms with Crippen molar-refractivity contribution in [1.29, 1.82) is 0 Å². The molecule has 1 aliphatic heterocycles. The smallest absolute Gasteiger partial charge is 0.270 e. The van der Waals surface area contributed by atoms with Crippen LogP contribution in [0.2, 0.25) is 0 Å². The van der Waals surface area contributed by atoms with E-state index in [0.717, 1.165) is 16.1 Å². The van der Waals surface area contributed by atoms with Gasteiger partial charge in [-0.15, -0.1) is 11.8 Å². The van der Waals surface area contributed by atoms with E-state index in [0.29, 0.717) is 20.5 Å². The van der Waals surface area contributed by atoms with Crippen molar-refractivity contribution in [2.45, 2.75) is 11.5 Å². The van der Waals surface area contributed by atoms with E-state index in [2.05, 4.69) is 0 Å². The predicted molar refractivity (Wildman–Crippen MR) is 131 cm³/mol. The zero-order chi connectivity index (χ0) is 21.8. The van der Waals surface area contributed by atoms with Gasteiger partial charge in [-0.05, 0) is 54.3 Å². The molecule has 0 radical (unpaired) electrons. The normalized spacial score (nSPS) is 15.0. The summed E-state index contributed by atoms with van der Waals surface area (Å²) in [4.78, 5) is 16.2. The maximum atomic E-state index is 13.8. The van der Waals surface area contributed by atoms with Crippen LogP contribution >= 0.6 is 35.7 Å². The van der Waals surface area contributed by atoms with Gasteiger partial charge in [-0.3, -0.25) is 9.69 Å². The monoisotopic (exact) mass is 467 g/mol. The molecule has 0 aliphatic carbocycles. The number of halogens is 1. The van der Waals surface area contributed by atoms with Gasteiger partial charge in [-0.2, -0.15) is 0 Å². The van der Waals surface area contributed by atoms with Gasteiger partial charge in [0.1, 0.15) is 18.2 Å². The Kier molecular flexibility index (Phi) is 6.75. The van der Waals surface area contributed by atoms with Crippen molar-refractivity contribution >= 4 is 57.7 Å². The lowest BCUT2D eigenvalue weighted by molar-refractivity contribution is -0.113. The van der Waals surface area contributed by atoms with Crippen molar-refractivity contribution in [3.63, 3.8) is 0 Å². The number of hydrogen-bond acceptors (Lipinski definition) is 5. The lowest BCUT2D eigenvalue weighted by atomic mass is 10.2. The van der Waals surface area contributed by atoms with Crippen LogP contribution in [-0.4, -0.2) is 16.5 Å². The zero-order valence-electron chi connectivity index (χ0n) is 16.6. The molecule has 4 rings (SSSR count). The van der Waals surface area contributed by atoms with Gasteiger partial charge in [0.15, 0.2) is 4.32 Å². The highest BCUT2D eigenvalue weighted by Crippen LogP contribution is 2.37. The second kappa shape index (κ2) is 9.68. The van der Waals surface area contributed by atoms with E-state index in [1.807, 2.05) is 48.7 Å². The molecule has 0 unspecified atom stereocenters. The molecule has 1 saturated heterocycles. The van der Waals surface area contributed by atoms with Crippen LogP contribution in [-0.2, 0) is 11.4 Å². The summed E-state index contributed by atoms with van der Waals surface area (Å²) in [5.74, 6) is 0.152. The Labute approximate surface area is 194 Å². The van der Waals surface area contributed by atoms with Gasteiger partial charge in [-0.1, -0.05) is 60.4 Å². The number of anilines is 1. The van der Waals surface area contributed by atoms with E-state index < -0.39 is 0 Å². The average molecular weight is 468 g/mol. The van der Waals surface area contributed by atoms with Crippen molar-refractivity contribution in [2.75, 3.05) is 11.2 Å². The number of amides is 1. The molecular weight excluding hydrogens is 449 g/mol. The Balaban J connectivity index is 1.52. The summed E-state index contributed by atoms with van der Waals surface area (Å²) >= 11 is 8.35. The van der Waals surface area contributed by atoms with Crippen LogP contribution in [0.15, 0.2) is 82.6 Å². The number of ether oxygens (including phenoxy) is 1. The molecule has 0 saturated carbocycles. The van der Waals surface area contributed by atoms with Gasteiger partial charge in [-0.25, -0.2) is 4.39 Å². The van der Waals surface area contributed by atoms with Crippen LogP contribution in [0.1, 0.15) is 11.1 Å². The van der Waals surface area contributed by atoms with Gasteiger partial charge in [0.05, 0.1) is 10.6 Å². The first-order chi connectivity index (χ1) is 15.0. The first kappa shape index (κ1) is 21.6. The Morgan fingerprint density at radius 1 is 1.10 bits per heavy atom. The summed E-state index contributed by atoms with van der Waals surface area (Å²) in [5.41, 5.74) is 2.06. The van der Waals surface area contributed by atoms with Crippen LogP contribution in [0.5, 0.6) is 5.75 Å². The first-order valence-corrected chi connectivity index (χ1v) is 11.9. The molecule has 3 nitrogen and oxygen atoms in total. The molecule has 1 aliphatic rings. The number of carbonyl (C=O) groups excluding carboxylic acids is 1. The minimum atomic E-state index is -0.298. The highest BCUT2D eigenvalue weighted by Gasteiger charge is 2.33. The molecule has 0 N–H and O–H groups in total. The number of rotatable bonds is 6. The van der Waals surface area contributed by atoms with Crippen molar-refractivity contribution in [2.24, 2.45) is 0 Å². The highest BCUT2D eigenvalue weighted by molar-refractivity contribution is 8.27. The van der Waals surface area contributed by atoms with Crippen LogP contribution in [0.25, 0.3) is 6.08 Å². The topological polar surface area (TPSA) is 29.5 Å². The van der Waals surface area contributed by atoms with Crippen molar-refractivity contribution in [3.8, 4) is 5.75 Å². The molecule has 3 aromatic carbocycles. The van der Waals surface area contributed by atoms with Crippen molar-refractivity contribution in [3.05, 3.63) is 94.6 Å². The maximum Gasteiger partial charge on any atom is 0.270 e. The minimum Gasteiger partial charge on any atom is -0.489 e. The van der Waals surface area contributed by atoms with E-state index in [4.69, 9.17) is 17.0 Å². The fourth-order valence-electron chi connectivity index (χ4n) is 3.06. The average Bonchev–Trinajstić information content (AvgIpc) is 3.06. The van der Waals surface area contributed by atoms with E-state index in [9.17, 15) is 9.18 Å². The largest absolute Gasteiger partial charge is 0.489 e.